The van der Waals surface area contributed by atoms with Crippen molar-refractivity contribution >= 4 is 23.5 Å². The molecule has 2 heterocycles. The van der Waals surface area contributed by atoms with Crippen LogP contribution in [0.1, 0.15) is 21.5 Å². The SMILES string of the molecule is O=C1C(=Cc2c(F)cccc2Cl)Oc2c1ccc([O-])c2C[NH+]1CCN(CCO)CC1. The van der Waals surface area contributed by atoms with E-state index in [1.807, 2.05) is 0 Å². The van der Waals surface area contributed by atoms with Crippen molar-refractivity contribution in [3.8, 4) is 11.5 Å². The molecule has 0 amide bonds. The predicted molar refractivity (Wildman–Crippen MR) is 108 cm³/mol. The number of benzene rings is 2. The van der Waals surface area contributed by atoms with Gasteiger partial charge in [-0.15, -0.1) is 0 Å². The third kappa shape index (κ3) is 4.06. The molecule has 30 heavy (non-hydrogen) atoms. The Bertz CT molecular complexity index is 983. The van der Waals surface area contributed by atoms with E-state index < -0.39 is 11.6 Å². The molecule has 158 valence electrons. The minimum atomic E-state index is -0.558. The van der Waals surface area contributed by atoms with E-state index in [0.29, 0.717) is 24.2 Å². The number of hydrogen-bond acceptors (Lipinski definition) is 5. The van der Waals surface area contributed by atoms with E-state index in [0.717, 1.165) is 26.2 Å². The second kappa shape index (κ2) is 8.73. The number of halogens is 2. The Morgan fingerprint density at radius 2 is 2.03 bits per heavy atom. The smallest absolute Gasteiger partial charge is 0.231 e. The standard InChI is InChI=1S/C22H22ClFN2O4/c23-17-2-1-3-18(24)15(17)12-20-21(29)14-4-5-19(28)16(22(14)30-20)13-26-8-6-25(7-9-26)10-11-27/h1-5,12,27-28H,6-11,13H2. The predicted octanol–water partition coefficient (Wildman–Crippen LogP) is 0.862. The Balaban J connectivity index is 1.58. The van der Waals surface area contributed by atoms with Crippen molar-refractivity contribution in [1.82, 2.24) is 4.90 Å². The lowest BCUT2D eigenvalue weighted by molar-refractivity contribution is -0.918. The fourth-order valence-corrected chi connectivity index (χ4v) is 4.11. The third-order valence-corrected chi connectivity index (χ3v) is 5.91. The lowest BCUT2D eigenvalue weighted by atomic mass is 10.0. The molecule has 0 saturated carbocycles. The topological polar surface area (TPSA) is 77.3 Å². The highest BCUT2D eigenvalue weighted by Gasteiger charge is 2.32. The van der Waals surface area contributed by atoms with Gasteiger partial charge in [0.05, 0.1) is 30.3 Å². The van der Waals surface area contributed by atoms with Gasteiger partial charge in [0.25, 0.3) is 0 Å². The summed E-state index contributed by atoms with van der Waals surface area (Å²) in [4.78, 5) is 16.2. The van der Waals surface area contributed by atoms with Crippen molar-refractivity contribution < 1.29 is 29.0 Å². The minimum absolute atomic E-state index is 0.0494. The van der Waals surface area contributed by atoms with Crippen LogP contribution in [0.4, 0.5) is 4.39 Å². The molecule has 0 aliphatic carbocycles. The van der Waals surface area contributed by atoms with Gasteiger partial charge < -0.3 is 19.8 Å². The fourth-order valence-electron chi connectivity index (χ4n) is 3.90. The van der Waals surface area contributed by atoms with Gasteiger partial charge in [-0.25, -0.2) is 4.39 Å². The number of nitrogens with zero attached hydrogens (tertiary/aromatic N) is 1. The summed E-state index contributed by atoms with van der Waals surface area (Å²) in [7, 11) is 0. The van der Waals surface area contributed by atoms with E-state index in [-0.39, 0.29) is 34.5 Å². The summed E-state index contributed by atoms with van der Waals surface area (Å²) in [5.74, 6) is -0.925. The number of aliphatic hydroxyl groups excluding tert-OH is 1. The summed E-state index contributed by atoms with van der Waals surface area (Å²) in [6.07, 6.45) is 1.29. The van der Waals surface area contributed by atoms with Gasteiger partial charge in [-0.3, -0.25) is 9.69 Å². The third-order valence-electron chi connectivity index (χ3n) is 5.58. The number of quaternary nitrogens is 1. The van der Waals surface area contributed by atoms with Crippen LogP contribution in [0.15, 0.2) is 36.1 Å². The van der Waals surface area contributed by atoms with Crippen molar-refractivity contribution in [3.05, 3.63) is 63.6 Å². The van der Waals surface area contributed by atoms with Crippen molar-refractivity contribution in [3.63, 3.8) is 0 Å². The highest BCUT2D eigenvalue weighted by Crippen LogP contribution is 2.38. The first-order chi connectivity index (χ1) is 14.5. The number of hydrogen-bond donors (Lipinski definition) is 2. The molecule has 2 aliphatic heterocycles. The van der Waals surface area contributed by atoms with E-state index in [9.17, 15) is 14.3 Å². The first kappa shape index (κ1) is 20.8. The molecule has 0 spiro atoms. The lowest BCUT2D eigenvalue weighted by Crippen LogP contribution is -3.13. The molecule has 0 atom stereocenters. The first-order valence-corrected chi connectivity index (χ1v) is 10.2. The normalized spacial score (nSPS) is 18.6. The zero-order valence-electron chi connectivity index (χ0n) is 16.3. The minimum Gasteiger partial charge on any atom is -0.872 e. The second-order valence-corrected chi connectivity index (χ2v) is 7.89. The number of nitrogens with one attached hydrogen (secondary N) is 1. The number of aliphatic hydroxyl groups is 1. The largest absolute Gasteiger partial charge is 0.872 e. The number of carbonyl (C=O) groups excluding carboxylic acids is 1. The van der Waals surface area contributed by atoms with Crippen LogP contribution >= 0.6 is 11.6 Å². The second-order valence-electron chi connectivity index (χ2n) is 7.49. The Morgan fingerprint density at radius 1 is 1.27 bits per heavy atom. The zero-order chi connectivity index (χ0) is 21.3. The molecule has 8 heteroatoms. The number of Topliss-reactive ketones (excluding diaryl/α,β-unsaturated/α-hetero) is 1. The number of rotatable bonds is 5. The van der Waals surface area contributed by atoms with Crippen LogP contribution in [0.25, 0.3) is 6.08 Å². The summed E-state index contributed by atoms with van der Waals surface area (Å²) in [6.45, 7) is 4.52. The average molecular weight is 433 g/mol. The summed E-state index contributed by atoms with van der Waals surface area (Å²) in [5.41, 5.74) is 0.834. The Morgan fingerprint density at radius 3 is 2.73 bits per heavy atom. The molecule has 6 nitrogen and oxygen atoms in total. The van der Waals surface area contributed by atoms with E-state index in [4.69, 9.17) is 21.4 Å². The number of ketones is 1. The van der Waals surface area contributed by atoms with Crippen LogP contribution < -0.4 is 14.7 Å². The highest BCUT2D eigenvalue weighted by atomic mass is 35.5. The Labute approximate surface area is 178 Å². The maximum atomic E-state index is 14.1. The van der Waals surface area contributed by atoms with Crippen LogP contribution in [0, 0.1) is 5.82 Å². The summed E-state index contributed by atoms with van der Waals surface area (Å²) >= 11 is 6.06. The van der Waals surface area contributed by atoms with Crippen molar-refractivity contribution in [2.75, 3.05) is 39.3 Å². The van der Waals surface area contributed by atoms with Crippen LogP contribution in [0.2, 0.25) is 5.02 Å². The van der Waals surface area contributed by atoms with E-state index in [1.165, 1.54) is 41.3 Å². The fraction of sp³-hybridized carbons (Fsp3) is 0.318. The van der Waals surface area contributed by atoms with Gasteiger partial charge >= 0.3 is 0 Å². The van der Waals surface area contributed by atoms with Gasteiger partial charge in [-0.2, -0.15) is 0 Å². The van der Waals surface area contributed by atoms with Gasteiger partial charge in [-0.1, -0.05) is 29.5 Å². The zero-order valence-corrected chi connectivity index (χ0v) is 17.0. The van der Waals surface area contributed by atoms with Gasteiger partial charge in [0.15, 0.2) is 5.76 Å². The molecule has 0 aromatic heterocycles. The van der Waals surface area contributed by atoms with Gasteiger partial charge in [0.1, 0.15) is 18.1 Å². The quantitative estimate of drug-likeness (QED) is 0.685. The molecular formula is C22H22ClFN2O4. The van der Waals surface area contributed by atoms with Crippen LogP contribution in [-0.4, -0.2) is 55.1 Å². The van der Waals surface area contributed by atoms with Crippen molar-refractivity contribution in [2.45, 2.75) is 6.54 Å². The van der Waals surface area contributed by atoms with E-state index in [2.05, 4.69) is 4.90 Å². The maximum Gasteiger partial charge on any atom is 0.231 e. The lowest BCUT2D eigenvalue weighted by Gasteiger charge is -2.32. The van der Waals surface area contributed by atoms with Crippen LogP contribution in [-0.2, 0) is 6.54 Å². The van der Waals surface area contributed by atoms with Crippen LogP contribution in [0.5, 0.6) is 11.5 Å². The molecule has 1 fully saturated rings. The van der Waals surface area contributed by atoms with Crippen molar-refractivity contribution in [2.24, 2.45) is 0 Å². The Kier molecular flexibility index (Phi) is 6.06. The number of ether oxygens (including phenoxy) is 1. The summed E-state index contributed by atoms with van der Waals surface area (Å²) in [6, 6.07) is 7.12. The van der Waals surface area contributed by atoms with Crippen LogP contribution in [0.3, 0.4) is 0 Å². The number of β-amino-alcohol motifs (C(OH)–C–C–N with tert-alkyl or cyclic N) is 1. The average Bonchev–Trinajstić information content (AvgIpc) is 3.04. The molecule has 1 saturated heterocycles. The molecule has 2 aromatic rings. The van der Waals surface area contributed by atoms with E-state index >= 15 is 0 Å². The molecular weight excluding hydrogens is 411 g/mol. The molecule has 2 aliphatic rings. The monoisotopic (exact) mass is 432 g/mol. The molecule has 0 radical (unpaired) electrons. The Hall–Kier alpha value is -2.45. The summed E-state index contributed by atoms with van der Waals surface area (Å²) in [5, 5.41) is 21.8. The summed E-state index contributed by atoms with van der Waals surface area (Å²) < 4.78 is 19.9. The molecule has 2 N–H and O–H groups in total. The number of fused-ring (bicyclic) bond motifs is 1. The number of carbonyl (C=O) groups is 1. The van der Waals surface area contributed by atoms with Gasteiger partial charge in [0.2, 0.25) is 5.78 Å². The molecule has 2 aromatic carbocycles. The molecule has 0 bridgehead atoms. The van der Waals surface area contributed by atoms with E-state index in [1.54, 1.807) is 0 Å². The van der Waals surface area contributed by atoms with Crippen molar-refractivity contribution in [1.29, 1.82) is 0 Å². The molecule has 0 unspecified atom stereocenters. The highest BCUT2D eigenvalue weighted by molar-refractivity contribution is 6.32. The number of piperazine rings is 1. The number of allylic oxidation sites excluding steroid dienone is 1. The maximum absolute atomic E-state index is 14.1. The van der Waals surface area contributed by atoms with Gasteiger partial charge in [0, 0.05) is 30.8 Å². The first-order valence-electron chi connectivity index (χ1n) is 9.86. The van der Waals surface area contributed by atoms with Gasteiger partial charge in [-0.05, 0) is 24.3 Å². The molecule has 4 rings (SSSR count).